The highest BCUT2D eigenvalue weighted by molar-refractivity contribution is 6.00. The van der Waals surface area contributed by atoms with Gasteiger partial charge in [-0.15, -0.1) is 0 Å². The number of nitrogens with zero attached hydrogens (tertiary/aromatic N) is 2. The number of hydrogen-bond donors (Lipinski definition) is 2. The second kappa shape index (κ2) is 19.6. The lowest BCUT2D eigenvalue weighted by Crippen LogP contribution is -2.17. The van der Waals surface area contributed by atoms with Crippen molar-refractivity contribution in [3.05, 3.63) is 181 Å². The number of anilines is 1. The Kier molecular flexibility index (Phi) is 14.7. The van der Waals surface area contributed by atoms with Gasteiger partial charge in [-0.1, -0.05) is 123 Å². The van der Waals surface area contributed by atoms with E-state index in [1.165, 1.54) is 65.3 Å². The van der Waals surface area contributed by atoms with Crippen molar-refractivity contribution >= 4 is 28.8 Å². The van der Waals surface area contributed by atoms with E-state index < -0.39 is 0 Å². The van der Waals surface area contributed by atoms with Gasteiger partial charge in [-0.3, -0.25) is 0 Å². The van der Waals surface area contributed by atoms with Crippen LogP contribution in [0.5, 0.6) is 0 Å². The predicted octanol–water partition coefficient (Wildman–Crippen LogP) is 11.2. The summed E-state index contributed by atoms with van der Waals surface area (Å²) in [5, 5.41) is 0. The van der Waals surface area contributed by atoms with Crippen LogP contribution in [0.25, 0.3) is 27.8 Å². The molecule has 0 aromatic heterocycles. The fraction of sp³-hybridized carbons (Fsp3) is 0.170. The minimum atomic E-state index is 0.769. The Labute approximate surface area is 306 Å². The van der Waals surface area contributed by atoms with Crippen LogP contribution < -0.4 is 20.9 Å². The van der Waals surface area contributed by atoms with Crippen LogP contribution in [0.15, 0.2) is 170 Å². The molecule has 0 bridgehead atoms. The van der Waals surface area contributed by atoms with Gasteiger partial charge in [-0.05, 0) is 92.9 Å². The van der Waals surface area contributed by atoms with Gasteiger partial charge in [-0.2, -0.15) is 4.58 Å². The van der Waals surface area contributed by atoms with Crippen molar-refractivity contribution in [2.75, 3.05) is 19.0 Å². The van der Waals surface area contributed by atoms with Crippen LogP contribution >= 0.6 is 0 Å². The second-order valence-electron chi connectivity index (χ2n) is 12.3. The first-order chi connectivity index (χ1) is 25.0. The molecule has 4 nitrogen and oxygen atoms in total. The molecule has 4 N–H and O–H groups in total. The zero-order valence-corrected chi connectivity index (χ0v) is 30.8. The van der Waals surface area contributed by atoms with Gasteiger partial charge in [0, 0.05) is 41.7 Å². The second-order valence-corrected chi connectivity index (χ2v) is 12.3. The van der Waals surface area contributed by atoms with Crippen molar-refractivity contribution in [2.24, 2.45) is 17.4 Å². The Morgan fingerprint density at radius 3 is 2.22 bits per heavy atom. The molecule has 1 aliphatic carbocycles. The first-order valence-electron chi connectivity index (χ1n) is 17.7. The van der Waals surface area contributed by atoms with Gasteiger partial charge in [0.15, 0.2) is 6.21 Å². The molecule has 51 heavy (non-hydrogen) atoms. The third kappa shape index (κ3) is 9.79. The van der Waals surface area contributed by atoms with E-state index in [0.29, 0.717) is 0 Å². The largest absolute Gasteiger partial charge is 0.343 e. The van der Waals surface area contributed by atoms with Crippen LogP contribution in [0.3, 0.4) is 0 Å². The molecule has 1 unspecified atom stereocenters. The number of para-hydroxylation sites is 1. The Balaban J connectivity index is 0.000000463. The maximum Gasteiger partial charge on any atom is 0.219 e. The third-order valence-electron chi connectivity index (χ3n) is 8.65. The van der Waals surface area contributed by atoms with E-state index in [4.69, 9.17) is 0 Å². The molecule has 0 fully saturated rings. The molecule has 260 valence electrons. The van der Waals surface area contributed by atoms with Crippen LogP contribution in [0, 0.1) is 5.92 Å². The minimum Gasteiger partial charge on any atom is -0.343 e. The molecule has 4 aromatic rings. The van der Waals surface area contributed by atoms with Gasteiger partial charge in [0.1, 0.15) is 0 Å². The van der Waals surface area contributed by atoms with Crippen molar-refractivity contribution in [3.8, 4) is 22.3 Å². The average Bonchev–Trinajstić information content (AvgIpc) is 3.49. The highest BCUT2D eigenvalue weighted by Crippen LogP contribution is 2.46. The van der Waals surface area contributed by atoms with Crippen LogP contribution in [-0.4, -0.2) is 20.3 Å². The van der Waals surface area contributed by atoms with Crippen LogP contribution in [-0.2, 0) is 6.54 Å². The van der Waals surface area contributed by atoms with Crippen molar-refractivity contribution in [1.82, 2.24) is 4.58 Å². The first-order valence-corrected chi connectivity index (χ1v) is 17.7. The molecule has 3 aliphatic rings. The standard InChI is InChI=1S/C38H33N2.C7H10.2CH5N/c1-4-5-13-28(2)26-40-37-18-10-9-17-33(37)34-21-19-32(25-38(34)40)31-20-22-36-35(24-31)29(3)14-11-12-23-39(36)27-30-15-7-6-8-16-30;1-7-5-3-2-4-6-7;2*1-2/h4-26H,3,27H2,1-2H3;2-5,7H,6H2,1H3;2*2H2,1H3/q+1;;;/b5-4-,14-11-,23-12-,28-13-,40-26?;;;. The SMILES string of the molecule is C=C1/C=C\C=C/N(Cc2ccccc2)c2ccc(-c3ccc4c(c3)[N+](=C/C(C)=C\C=C/C)c3ccccc3-4)cc21.CC1C=CC=CC1.CN.CN. The summed E-state index contributed by atoms with van der Waals surface area (Å²) < 4.78 is 2.32. The molecule has 2 heterocycles. The van der Waals surface area contributed by atoms with Gasteiger partial charge >= 0.3 is 0 Å². The average molecular weight is 674 g/mol. The number of benzene rings is 4. The van der Waals surface area contributed by atoms with Crippen LogP contribution in [0.4, 0.5) is 17.1 Å². The molecule has 4 heteroatoms. The lowest BCUT2D eigenvalue weighted by Gasteiger charge is -2.25. The molecule has 4 aromatic carbocycles. The smallest absolute Gasteiger partial charge is 0.219 e. The monoisotopic (exact) mass is 673 g/mol. The number of nitrogens with two attached hydrogens (primary N) is 2. The molecular weight excluding hydrogens is 621 g/mol. The van der Waals surface area contributed by atoms with Crippen molar-refractivity contribution in [3.63, 3.8) is 0 Å². The predicted molar refractivity (Wildman–Crippen MR) is 226 cm³/mol. The summed E-state index contributed by atoms with van der Waals surface area (Å²) in [4.78, 5) is 2.30. The van der Waals surface area contributed by atoms with E-state index in [2.05, 4.69) is 206 Å². The topological polar surface area (TPSA) is 58.3 Å². The van der Waals surface area contributed by atoms with E-state index in [-0.39, 0.29) is 0 Å². The zero-order chi connectivity index (χ0) is 36.6. The Hall–Kier alpha value is -5.55. The highest BCUT2D eigenvalue weighted by Gasteiger charge is 2.31. The van der Waals surface area contributed by atoms with E-state index in [1.54, 1.807) is 0 Å². The summed E-state index contributed by atoms with van der Waals surface area (Å²) >= 11 is 0. The summed E-state index contributed by atoms with van der Waals surface area (Å²) in [7, 11) is 3.00. The van der Waals surface area contributed by atoms with Gasteiger partial charge in [0.2, 0.25) is 11.4 Å². The molecule has 0 radical (unpaired) electrons. The molecule has 1 atom stereocenters. The summed E-state index contributed by atoms with van der Waals surface area (Å²) in [5.41, 5.74) is 22.1. The van der Waals surface area contributed by atoms with E-state index in [1.807, 2.05) is 6.92 Å². The molecule has 0 saturated carbocycles. The fourth-order valence-corrected chi connectivity index (χ4v) is 6.15. The summed E-state index contributed by atoms with van der Waals surface area (Å²) in [6, 6.07) is 32.8. The Morgan fingerprint density at radius 1 is 0.804 bits per heavy atom. The molecule has 0 amide bonds. The first kappa shape index (κ1) is 38.3. The van der Waals surface area contributed by atoms with Crippen molar-refractivity contribution < 1.29 is 0 Å². The Bertz CT molecular complexity index is 1990. The fourth-order valence-electron chi connectivity index (χ4n) is 6.15. The van der Waals surface area contributed by atoms with Crippen LogP contribution in [0.2, 0.25) is 0 Å². The maximum absolute atomic E-state index is 4.50. The van der Waals surface area contributed by atoms with E-state index >= 15 is 0 Å². The number of allylic oxidation sites excluding steroid dienone is 12. The maximum atomic E-state index is 4.50. The quantitative estimate of drug-likeness (QED) is 0.144. The summed E-state index contributed by atoms with van der Waals surface area (Å²) in [6.45, 7) is 11.6. The summed E-state index contributed by atoms with van der Waals surface area (Å²) in [6.07, 6.45) is 26.8. The number of fused-ring (bicyclic) bond motifs is 4. The molecule has 2 aliphatic heterocycles. The highest BCUT2D eigenvalue weighted by atomic mass is 15.1. The number of rotatable bonds is 5. The third-order valence-corrected chi connectivity index (χ3v) is 8.65. The molecule has 0 spiro atoms. The van der Waals surface area contributed by atoms with E-state index in [9.17, 15) is 0 Å². The van der Waals surface area contributed by atoms with Crippen LogP contribution in [0.1, 0.15) is 38.3 Å². The van der Waals surface area contributed by atoms with Crippen molar-refractivity contribution in [1.29, 1.82) is 0 Å². The lowest BCUT2D eigenvalue weighted by molar-refractivity contribution is 0.737. The lowest BCUT2D eigenvalue weighted by atomic mass is 9.95. The molecular formula is C47H53N4+. The van der Waals surface area contributed by atoms with E-state index in [0.717, 1.165) is 29.3 Å². The minimum absolute atomic E-state index is 0.769. The molecule has 7 rings (SSSR count). The number of hydrogen-bond acceptors (Lipinski definition) is 3. The zero-order valence-electron chi connectivity index (χ0n) is 30.8. The van der Waals surface area contributed by atoms with Gasteiger partial charge < -0.3 is 16.4 Å². The van der Waals surface area contributed by atoms with Gasteiger partial charge in [0.05, 0.1) is 11.1 Å². The van der Waals surface area contributed by atoms with Gasteiger partial charge in [0.25, 0.3) is 0 Å². The van der Waals surface area contributed by atoms with Crippen molar-refractivity contribution in [2.45, 2.75) is 33.7 Å². The Morgan fingerprint density at radius 2 is 1.51 bits per heavy atom. The normalized spacial score (nSPS) is 17.4. The molecule has 0 saturated heterocycles. The summed E-state index contributed by atoms with van der Waals surface area (Å²) in [5.74, 6) is 0.769. The van der Waals surface area contributed by atoms with Gasteiger partial charge in [-0.25, -0.2) is 0 Å².